The number of amides is 1. The van der Waals surface area contributed by atoms with Gasteiger partial charge in [-0.2, -0.15) is 0 Å². The number of halogens is 1. The monoisotopic (exact) mass is 325 g/mol. The predicted molar refractivity (Wildman–Crippen MR) is 88.8 cm³/mol. The van der Waals surface area contributed by atoms with Crippen LogP contribution in [-0.4, -0.2) is 46.9 Å². The Morgan fingerprint density at radius 3 is 2.46 bits per heavy atom. The lowest BCUT2D eigenvalue weighted by molar-refractivity contribution is 0.0773. The summed E-state index contributed by atoms with van der Waals surface area (Å²) in [6.07, 6.45) is 3.32. The van der Waals surface area contributed by atoms with Crippen LogP contribution < -0.4 is 0 Å². The molecule has 2 aromatic rings. The average molecular weight is 325 g/mol. The van der Waals surface area contributed by atoms with Gasteiger partial charge in [0.2, 0.25) is 0 Å². The van der Waals surface area contributed by atoms with E-state index < -0.39 is 0 Å². The first kappa shape index (κ1) is 15.3. The highest BCUT2D eigenvalue weighted by Gasteiger charge is 2.41. The van der Waals surface area contributed by atoms with E-state index in [1.807, 2.05) is 11.0 Å². The van der Waals surface area contributed by atoms with Gasteiger partial charge in [-0.25, -0.2) is 4.39 Å². The van der Waals surface area contributed by atoms with Crippen LogP contribution in [0.2, 0.25) is 0 Å². The molecule has 2 aliphatic rings. The highest BCUT2D eigenvalue weighted by molar-refractivity contribution is 5.94. The van der Waals surface area contributed by atoms with Crippen molar-refractivity contribution in [2.45, 2.75) is 6.54 Å². The third kappa shape index (κ3) is 3.04. The Morgan fingerprint density at radius 2 is 1.79 bits per heavy atom. The van der Waals surface area contributed by atoms with Gasteiger partial charge in [0.05, 0.1) is 0 Å². The molecule has 1 aromatic carbocycles. The molecular formula is C19H20FN3O. The van der Waals surface area contributed by atoms with Gasteiger partial charge in [0.25, 0.3) is 5.91 Å². The van der Waals surface area contributed by atoms with Crippen molar-refractivity contribution in [1.29, 1.82) is 0 Å². The van der Waals surface area contributed by atoms with Gasteiger partial charge in [-0.3, -0.25) is 14.7 Å². The molecule has 0 bridgehead atoms. The smallest absolute Gasteiger partial charge is 0.253 e. The van der Waals surface area contributed by atoms with Gasteiger partial charge in [-0.05, 0) is 41.7 Å². The van der Waals surface area contributed by atoms with Crippen molar-refractivity contribution in [3.05, 3.63) is 65.7 Å². The molecule has 0 N–H and O–H groups in total. The minimum Gasteiger partial charge on any atom is -0.338 e. The molecule has 0 radical (unpaired) electrons. The Balaban J connectivity index is 1.36. The van der Waals surface area contributed by atoms with Crippen LogP contribution in [-0.2, 0) is 6.54 Å². The summed E-state index contributed by atoms with van der Waals surface area (Å²) < 4.78 is 13.3. The van der Waals surface area contributed by atoms with Gasteiger partial charge >= 0.3 is 0 Å². The number of fused-ring (bicyclic) bond motifs is 1. The summed E-state index contributed by atoms with van der Waals surface area (Å²) in [6, 6.07) is 10.4. The van der Waals surface area contributed by atoms with Crippen molar-refractivity contribution >= 4 is 5.91 Å². The minimum absolute atomic E-state index is 0.100. The predicted octanol–water partition coefficient (Wildman–Crippen LogP) is 2.42. The van der Waals surface area contributed by atoms with Crippen LogP contribution in [0.1, 0.15) is 15.9 Å². The Labute approximate surface area is 140 Å². The second kappa shape index (κ2) is 6.32. The van der Waals surface area contributed by atoms with E-state index in [1.165, 1.54) is 6.07 Å². The highest BCUT2D eigenvalue weighted by atomic mass is 19.1. The Hall–Kier alpha value is -2.27. The topological polar surface area (TPSA) is 36.4 Å². The van der Waals surface area contributed by atoms with E-state index in [9.17, 15) is 9.18 Å². The van der Waals surface area contributed by atoms with Crippen LogP contribution in [0.3, 0.4) is 0 Å². The second-order valence-electron chi connectivity index (χ2n) is 6.79. The van der Waals surface area contributed by atoms with E-state index in [-0.39, 0.29) is 11.7 Å². The zero-order valence-electron chi connectivity index (χ0n) is 13.4. The van der Waals surface area contributed by atoms with Crippen LogP contribution in [0.15, 0.2) is 48.8 Å². The molecule has 4 nitrogen and oxygen atoms in total. The minimum atomic E-state index is -0.180. The van der Waals surface area contributed by atoms with Crippen molar-refractivity contribution in [2.24, 2.45) is 11.8 Å². The number of likely N-dealkylation sites (tertiary alicyclic amines) is 2. The third-order valence-corrected chi connectivity index (χ3v) is 5.07. The Morgan fingerprint density at radius 1 is 1.08 bits per heavy atom. The van der Waals surface area contributed by atoms with E-state index >= 15 is 0 Å². The molecule has 0 saturated carbocycles. The van der Waals surface area contributed by atoms with Crippen molar-refractivity contribution in [3.63, 3.8) is 0 Å². The zero-order valence-corrected chi connectivity index (χ0v) is 13.4. The van der Waals surface area contributed by atoms with E-state index in [0.717, 1.165) is 38.3 Å². The number of aromatic nitrogens is 1. The lowest BCUT2D eigenvalue weighted by atomic mass is 10.0. The average Bonchev–Trinajstić information content (AvgIpc) is 3.13. The van der Waals surface area contributed by atoms with Crippen molar-refractivity contribution in [3.8, 4) is 0 Å². The van der Waals surface area contributed by atoms with Gasteiger partial charge in [-0.1, -0.05) is 12.1 Å². The summed E-state index contributed by atoms with van der Waals surface area (Å²) in [5.41, 5.74) is 1.72. The third-order valence-electron chi connectivity index (χ3n) is 5.07. The van der Waals surface area contributed by atoms with Gasteiger partial charge < -0.3 is 4.90 Å². The van der Waals surface area contributed by atoms with Crippen molar-refractivity contribution < 1.29 is 9.18 Å². The van der Waals surface area contributed by atoms with E-state index in [1.54, 1.807) is 36.7 Å². The fourth-order valence-corrected chi connectivity index (χ4v) is 3.96. The quantitative estimate of drug-likeness (QED) is 0.870. The van der Waals surface area contributed by atoms with Gasteiger partial charge in [0.1, 0.15) is 5.82 Å². The molecule has 2 fully saturated rings. The highest BCUT2D eigenvalue weighted by Crippen LogP contribution is 2.32. The largest absolute Gasteiger partial charge is 0.338 e. The van der Waals surface area contributed by atoms with Gasteiger partial charge in [0, 0.05) is 50.7 Å². The Kier molecular flexibility index (Phi) is 4.02. The van der Waals surface area contributed by atoms with Gasteiger partial charge in [-0.15, -0.1) is 0 Å². The van der Waals surface area contributed by atoms with Crippen LogP contribution in [0.25, 0.3) is 0 Å². The summed E-state index contributed by atoms with van der Waals surface area (Å²) in [5, 5.41) is 0. The standard InChI is InChI=1S/C19H20FN3O/c20-18-3-1-2-14(8-18)9-22-10-16-12-23(13-17(16)11-22)19(24)15-4-6-21-7-5-15/h1-8,16-17H,9-13H2/t16-,17-/m1/s1. The van der Waals surface area contributed by atoms with Crippen LogP contribution in [0, 0.1) is 17.7 Å². The first-order valence-electron chi connectivity index (χ1n) is 8.35. The normalized spacial score (nSPS) is 23.5. The molecule has 0 aliphatic carbocycles. The Bertz CT molecular complexity index is 722. The lowest BCUT2D eigenvalue weighted by Crippen LogP contribution is -2.33. The maximum Gasteiger partial charge on any atom is 0.253 e. The zero-order chi connectivity index (χ0) is 16.5. The van der Waals surface area contributed by atoms with Crippen molar-refractivity contribution in [1.82, 2.24) is 14.8 Å². The van der Waals surface area contributed by atoms with E-state index in [4.69, 9.17) is 0 Å². The van der Waals surface area contributed by atoms with Crippen LogP contribution >= 0.6 is 0 Å². The molecule has 3 heterocycles. The number of carbonyl (C=O) groups excluding carboxylic acids is 1. The molecule has 4 rings (SSSR count). The number of hydrogen-bond acceptors (Lipinski definition) is 3. The molecule has 24 heavy (non-hydrogen) atoms. The maximum absolute atomic E-state index is 13.3. The number of hydrogen-bond donors (Lipinski definition) is 0. The first-order valence-corrected chi connectivity index (χ1v) is 8.35. The number of nitrogens with zero attached hydrogens (tertiary/aromatic N) is 3. The number of pyridine rings is 1. The van der Waals surface area contributed by atoms with Gasteiger partial charge in [0.15, 0.2) is 0 Å². The molecule has 1 aromatic heterocycles. The molecule has 0 spiro atoms. The molecule has 124 valence electrons. The number of carbonyl (C=O) groups is 1. The molecule has 2 atom stereocenters. The lowest BCUT2D eigenvalue weighted by Gasteiger charge is -2.21. The second-order valence-corrected chi connectivity index (χ2v) is 6.79. The fourth-order valence-electron chi connectivity index (χ4n) is 3.96. The summed E-state index contributed by atoms with van der Waals surface area (Å²) in [7, 11) is 0. The number of benzene rings is 1. The molecule has 2 aliphatic heterocycles. The molecule has 5 heteroatoms. The molecule has 0 unspecified atom stereocenters. The summed E-state index contributed by atoms with van der Waals surface area (Å²) in [4.78, 5) is 20.8. The van der Waals surface area contributed by atoms with Crippen LogP contribution in [0.4, 0.5) is 4.39 Å². The molecular weight excluding hydrogens is 305 g/mol. The fraction of sp³-hybridized carbons (Fsp3) is 0.368. The van der Waals surface area contributed by atoms with E-state index in [0.29, 0.717) is 17.4 Å². The molecule has 2 saturated heterocycles. The first-order chi connectivity index (χ1) is 11.7. The summed E-state index contributed by atoms with van der Waals surface area (Å²) >= 11 is 0. The summed E-state index contributed by atoms with van der Waals surface area (Å²) in [6.45, 7) is 4.35. The number of rotatable bonds is 3. The van der Waals surface area contributed by atoms with Crippen molar-refractivity contribution in [2.75, 3.05) is 26.2 Å². The summed E-state index contributed by atoms with van der Waals surface area (Å²) in [5.74, 6) is 0.957. The SMILES string of the molecule is O=C(c1ccncc1)N1C[C@H]2CN(Cc3cccc(F)c3)C[C@@H]2C1. The maximum atomic E-state index is 13.3. The van der Waals surface area contributed by atoms with E-state index in [2.05, 4.69) is 9.88 Å². The molecule has 1 amide bonds. The van der Waals surface area contributed by atoms with Crippen LogP contribution in [0.5, 0.6) is 0 Å².